The quantitative estimate of drug-likeness (QED) is 0.734. The van der Waals surface area contributed by atoms with Crippen LogP contribution in [-0.4, -0.2) is 54.5 Å². The van der Waals surface area contributed by atoms with E-state index in [9.17, 15) is 9.90 Å². The number of likely N-dealkylation sites (N-methyl/N-ethyl adjacent to an activating group) is 1. The standard InChI is InChI=1S/C15H30N2O3/c1-12-7-5-6-8-13(12)20-10-9-16-14(18)17(4)11-15(2,3)19/h12-13,19H,5-11H2,1-4H3,(H,16,18). The number of carbonyl (C=O) groups is 1. The summed E-state index contributed by atoms with van der Waals surface area (Å²) in [7, 11) is 1.68. The summed E-state index contributed by atoms with van der Waals surface area (Å²) in [5.74, 6) is 0.623. The molecule has 1 aliphatic carbocycles. The fraction of sp³-hybridized carbons (Fsp3) is 0.933. The van der Waals surface area contributed by atoms with Crippen LogP contribution in [0.25, 0.3) is 0 Å². The number of carbonyl (C=O) groups excluding carboxylic acids is 1. The highest BCUT2D eigenvalue weighted by Gasteiger charge is 2.22. The summed E-state index contributed by atoms with van der Waals surface area (Å²) >= 11 is 0. The van der Waals surface area contributed by atoms with E-state index in [0.29, 0.717) is 31.7 Å². The second-order valence-corrected chi connectivity index (χ2v) is 6.57. The van der Waals surface area contributed by atoms with E-state index in [1.54, 1.807) is 20.9 Å². The van der Waals surface area contributed by atoms with Crippen LogP contribution in [0.3, 0.4) is 0 Å². The third kappa shape index (κ3) is 6.57. The van der Waals surface area contributed by atoms with Crippen LogP contribution < -0.4 is 5.32 Å². The molecule has 0 bridgehead atoms. The molecule has 0 aromatic carbocycles. The molecule has 0 aliphatic heterocycles. The van der Waals surface area contributed by atoms with E-state index in [1.165, 1.54) is 24.2 Å². The van der Waals surface area contributed by atoms with Gasteiger partial charge in [-0.3, -0.25) is 0 Å². The van der Waals surface area contributed by atoms with Gasteiger partial charge in [0.05, 0.1) is 24.9 Å². The van der Waals surface area contributed by atoms with Crippen molar-refractivity contribution < 1.29 is 14.6 Å². The van der Waals surface area contributed by atoms with Crippen LogP contribution in [-0.2, 0) is 4.74 Å². The number of amides is 2. The molecule has 118 valence electrons. The predicted octanol–water partition coefficient (Wildman–Crippen LogP) is 1.99. The molecule has 2 N–H and O–H groups in total. The Morgan fingerprint density at radius 2 is 2.05 bits per heavy atom. The van der Waals surface area contributed by atoms with E-state index >= 15 is 0 Å². The summed E-state index contributed by atoms with van der Waals surface area (Å²) in [5, 5.41) is 12.5. The van der Waals surface area contributed by atoms with Gasteiger partial charge in [-0.05, 0) is 32.6 Å². The highest BCUT2D eigenvalue weighted by Crippen LogP contribution is 2.25. The lowest BCUT2D eigenvalue weighted by Crippen LogP contribution is -2.45. The van der Waals surface area contributed by atoms with Crippen molar-refractivity contribution in [3.8, 4) is 0 Å². The number of rotatable bonds is 6. The summed E-state index contributed by atoms with van der Waals surface area (Å²) in [6.45, 7) is 6.98. The molecule has 5 nitrogen and oxygen atoms in total. The van der Waals surface area contributed by atoms with Crippen molar-refractivity contribution in [1.82, 2.24) is 10.2 Å². The van der Waals surface area contributed by atoms with Gasteiger partial charge in [0, 0.05) is 13.6 Å². The summed E-state index contributed by atoms with van der Waals surface area (Å²) in [4.78, 5) is 13.3. The normalized spacial score (nSPS) is 23.4. The highest BCUT2D eigenvalue weighted by molar-refractivity contribution is 5.73. The summed E-state index contributed by atoms with van der Waals surface area (Å²) in [5.41, 5.74) is -0.875. The minimum atomic E-state index is -0.875. The van der Waals surface area contributed by atoms with E-state index < -0.39 is 5.60 Å². The molecule has 1 rings (SSSR count). The molecule has 0 aromatic heterocycles. The van der Waals surface area contributed by atoms with Crippen molar-refractivity contribution in [3.63, 3.8) is 0 Å². The molecule has 1 aliphatic rings. The SMILES string of the molecule is CC1CCCCC1OCCNC(=O)N(C)CC(C)(C)O. The number of nitrogens with zero attached hydrogens (tertiary/aromatic N) is 1. The first-order chi connectivity index (χ1) is 9.29. The van der Waals surface area contributed by atoms with Crippen molar-refractivity contribution in [2.24, 2.45) is 5.92 Å². The van der Waals surface area contributed by atoms with E-state index in [-0.39, 0.29) is 6.03 Å². The van der Waals surface area contributed by atoms with Crippen molar-refractivity contribution in [1.29, 1.82) is 0 Å². The Morgan fingerprint density at radius 1 is 1.40 bits per heavy atom. The van der Waals surface area contributed by atoms with Crippen LogP contribution in [0.5, 0.6) is 0 Å². The molecular formula is C15H30N2O3. The zero-order chi connectivity index (χ0) is 15.2. The largest absolute Gasteiger partial charge is 0.389 e. The highest BCUT2D eigenvalue weighted by atomic mass is 16.5. The molecule has 1 saturated carbocycles. The van der Waals surface area contributed by atoms with Crippen LogP contribution >= 0.6 is 0 Å². The molecule has 2 unspecified atom stereocenters. The van der Waals surface area contributed by atoms with E-state index in [0.717, 1.165) is 6.42 Å². The van der Waals surface area contributed by atoms with Gasteiger partial charge in [0.15, 0.2) is 0 Å². The van der Waals surface area contributed by atoms with E-state index in [2.05, 4.69) is 12.2 Å². The third-order valence-corrected chi connectivity index (χ3v) is 3.71. The van der Waals surface area contributed by atoms with Gasteiger partial charge in [0.1, 0.15) is 0 Å². The van der Waals surface area contributed by atoms with Gasteiger partial charge in [-0.1, -0.05) is 19.8 Å². The van der Waals surface area contributed by atoms with Gasteiger partial charge in [0.2, 0.25) is 0 Å². The second-order valence-electron chi connectivity index (χ2n) is 6.57. The fourth-order valence-corrected chi connectivity index (χ4v) is 2.69. The molecule has 2 atom stereocenters. The third-order valence-electron chi connectivity index (χ3n) is 3.71. The summed E-state index contributed by atoms with van der Waals surface area (Å²) < 4.78 is 5.84. The predicted molar refractivity (Wildman–Crippen MR) is 79.7 cm³/mol. The molecule has 0 aromatic rings. The Hall–Kier alpha value is -0.810. The van der Waals surface area contributed by atoms with Crippen molar-refractivity contribution in [2.75, 3.05) is 26.7 Å². The van der Waals surface area contributed by atoms with Gasteiger partial charge in [0.25, 0.3) is 0 Å². The molecule has 2 amide bonds. The topological polar surface area (TPSA) is 61.8 Å². The first kappa shape index (κ1) is 17.2. The maximum atomic E-state index is 11.8. The zero-order valence-corrected chi connectivity index (χ0v) is 13.3. The lowest BCUT2D eigenvalue weighted by Gasteiger charge is -2.29. The lowest BCUT2D eigenvalue weighted by molar-refractivity contribution is -0.00294. The minimum Gasteiger partial charge on any atom is -0.389 e. The Bertz CT molecular complexity index is 302. The summed E-state index contributed by atoms with van der Waals surface area (Å²) in [6, 6.07) is -0.174. The number of aliphatic hydroxyl groups is 1. The van der Waals surface area contributed by atoms with Crippen LogP contribution in [0.2, 0.25) is 0 Å². The molecule has 0 heterocycles. The van der Waals surface area contributed by atoms with Crippen LogP contribution in [0, 0.1) is 5.92 Å². The molecule has 1 fully saturated rings. The Kier molecular flexibility index (Phi) is 6.76. The van der Waals surface area contributed by atoms with Crippen molar-refractivity contribution in [2.45, 2.75) is 58.2 Å². The van der Waals surface area contributed by atoms with Crippen LogP contribution in [0.1, 0.15) is 46.5 Å². The zero-order valence-electron chi connectivity index (χ0n) is 13.3. The van der Waals surface area contributed by atoms with Crippen LogP contribution in [0.15, 0.2) is 0 Å². The molecule has 5 heteroatoms. The molecule has 0 spiro atoms. The monoisotopic (exact) mass is 286 g/mol. The summed E-state index contributed by atoms with van der Waals surface area (Å²) in [6.07, 6.45) is 5.27. The first-order valence-electron chi connectivity index (χ1n) is 7.62. The van der Waals surface area contributed by atoms with Gasteiger partial charge in [-0.25, -0.2) is 4.79 Å². The van der Waals surface area contributed by atoms with Gasteiger partial charge in [-0.2, -0.15) is 0 Å². The second kappa shape index (κ2) is 7.84. The van der Waals surface area contributed by atoms with E-state index in [4.69, 9.17) is 4.74 Å². The number of nitrogens with one attached hydrogen (secondary N) is 1. The molecule has 0 saturated heterocycles. The molecular weight excluding hydrogens is 256 g/mol. The maximum absolute atomic E-state index is 11.8. The Labute approximate surface area is 122 Å². The molecule has 20 heavy (non-hydrogen) atoms. The fourth-order valence-electron chi connectivity index (χ4n) is 2.69. The van der Waals surface area contributed by atoms with Gasteiger partial charge in [-0.15, -0.1) is 0 Å². The van der Waals surface area contributed by atoms with E-state index in [1.807, 2.05) is 0 Å². The number of ether oxygens (including phenoxy) is 1. The average molecular weight is 286 g/mol. The average Bonchev–Trinajstić information content (AvgIpc) is 2.34. The Morgan fingerprint density at radius 3 is 2.65 bits per heavy atom. The van der Waals surface area contributed by atoms with Crippen molar-refractivity contribution >= 4 is 6.03 Å². The smallest absolute Gasteiger partial charge is 0.317 e. The number of hydrogen-bond donors (Lipinski definition) is 2. The Balaban J connectivity index is 2.15. The lowest BCUT2D eigenvalue weighted by atomic mass is 9.88. The van der Waals surface area contributed by atoms with Gasteiger partial charge < -0.3 is 20.1 Å². The number of urea groups is 1. The molecule has 0 radical (unpaired) electrons. The maximum Gasteiger partial charge on any atom is 0.317 e. The number of hydrogen-bond acceptors (Lipinski definition) is 3. The first-order valence-corrected chi connectivity index (χ1v) is 7.62. The van der Waals surface area contributed by atoms with Crippen molar-refractivity contribution in [3.05, 3.63) is 0 Å². The van der Waals surface area contributed by atoms with Gasteiger partial charge >= 0.3 is 6.03 Å². The van der Waals surface area contributed by atoms with Crippen LogP contribution in [0.4, 0.5) is 4.79 Å². The minimum absolute atomic E-state index is 0.174.